The van der Waals surface area contributed by atoms with Crippen LogP contribution in [0.1, 0.15) is 0 Å². The molecule has 0 heterocycles. The second-order valence-corrected chi connectivity index (χ2v) is 8.56. The van der Waals surface area contributed by atoms with E-state index in [0.717, 1.165) is 43.8 Å². The van der Waals surface area contributed by atoms with Crippen LogP contribution in [-0.4, -0.2) is 28.4 Å². The Kier molecular flexibility index (Phi) is 6.14. The van der Waals surface area contributed by atoms with Crippen LogP contribution >= 0.6 is 11.6 Å². The number of benzene rings is 5. The largest absolute Gasteiger partial charge is 0.493 e. The van der Waals surface area contributed by atoms with E-state index in [4.69, 9.17) is 30.5 Å². The third kappa shape index (κ3) is 3.90. The van der Waals surface area contributed by atoms with Crippen molar-refractivity contribution in [1.29, 1.82) is 0 Å². The summed E-state index contributed by atoms with van der Waals surface area (Å²) in [4.78, 5) is 0. The minimum atomic E-state index is 0.661. The first kappa shape index (κ1) is 22.9. The van der Waals surface area contributed by atoms with Gasteiger partial charge in [-0.2, -0.15) is 0 Å². The molecule has 0 N–H and O–H groups in total. The van der Waals surface area contributed by atoms with Crippen LogP contribution < -0.4 is 18.9 Å². The van der Waals surface area contributed by atoms with Gasteiger partial charge in [0.05, 0.1) is 28.4 Å². The lowest BCUT2D eigenvalue weighted by molar-refractivity contribution is 0.355. The van der Waals surface area contributed by atoms with E-state index in [1.165, 1.54) is 0 Å². The van der Waals surface area contributed by atoms with Crippen molar-refractivity contribution < 1.29 is 18.9 Å². The van der Waals surface area contributed by atoms with Crippen LogP contribution in [0, 0.1) is 0 Å². The lowest BCUT2D eigenvalue weighted by Crippen LogP contribution is -1.97. The second kappa shape index (κ2) is 9.40. The zero-order chi connectivity index (χ0) is 24.5. The highest BCUT2D eigenvalue weighted by atomic mass is 35.5. The van der Waals surface area contributed by atoms with Crippen LogP contribution in [-0.2, 0) is 0 Å². The molecule has 0 aliphatic carbocycles. The summed E-state index contributed by atoms with van der Waals surface area (Å²) in [6.45, 7) is 0. The average Bonchev–Trinajstić information content (AvgIpc) is 2.91. The summed E-state index contributed by atoms with van der Waals surface area (Å²) in [5, 5.41) is 4.82. The van der Waals surface area contributed by atoms with Crippen molar-refractivity contribution >= 4 is 33.1 Å². The van der Waals surface area contributed by atoms with Crippen LogP contribution in [0.5, 0.6) is 23.0 Å². The summed E-state index contributed by atoms with van der Waals surface area (Å²) in [6.07, 6.45) is 0. The van der Waals surface area contributed by atoms with Gasteiger partial charge in [-0.25, -0.2) is 0 Å². The third-order valence-corrected chi connectivity index (χ3v) is 6.57. The predicted molar refractivity (Wildman–Crippen MR) is 144 cm³/mol. The van der Waals surface area contributed by atoms with Gasteiger partial charge in [-0.05, 0) is 80.2 Å². The Balaban J connectivity index is 2.07. The smallest absolute Gasteiger partial charge is 0.161 e. The molecule has 0 amide bonds. The van der Waals surface area contributed by atoms with Gasteiger partial charge in [0.25, 0.3) is 0 Å². The van der Waals surface area contributed by atoms with Crippen molar-refractivity contribution in [3.8, 4) is 45.3 Å². The van der Waals surface area contributed by atoms with Crippen LogP contribution in [0.3, 0.4) is 0 Å². The molecule has 5 aromatic rings. The zero-order valence-corrected chi connectivity index (χ0v) is 20.8. The first-order valence-corrected chi connectivity index (χ1v) is 11.6. The monoisotopic (exact) mass is 484 g/mol. The van der Waals surface area contributed by atoms with Gasteiger partial charge in [-0.15, -0.1) is 0 Å². The fraction of sp³-hybridized carbons (Fsp3) is 0.133. The van der Waals surface area contributed by atoms with Gasteiger partial charge in [-0.3, -0.25) is 0 Å². The van der Waals surface area contributed by atoms with E-state index in [9.17, 15) is 0 Å². The third-order valence-electron chi connectivity index (χ3n) is 6.32. The number of ether oxygens (including phenoxy) is 4. The van der Waals surface area contributed by atoms with Crippen LogP contribution in [0.15, 0.2) is 78.9 Å². The van der Waals surface area contributed by atoms with E-state index in [-0.39, 0.29) is 0 Å². The molecule has 0 spiro atoms. The molecule has 0 fully saturated rings. The van der Waals surface area contributed by atoms with E-state index < -0.39 is 0 Å². The Labute approximate surface area is 209 Å². The van der Waals surface area contributed by atoms with Crippen molar-refractivity contribution in [3.05, 3.63) is 83.9 Å². The average molecular weight is 485 g/mol. The highest BCUT2D eigenvalue weighted by molar-refractivity contribution is 6.30. The molecule has 4 nitrogen and oxygen atoms in total. The number of hydrogen-bond acceptors (Lipinski definition) is 4. The number of methoxy groups -OCH3 is 4. The number of fused-ring (bicyclic) bond motifs is 2. The molecule has 0 unspecified atom stereocenters. The first-order valence-electron chi connectivity index (χ1n) is 11.2. The van der Waals surface area contributed by atoms with Gasteiger partial charge in [0.1, 0.15) is 0 Å². The molecule has 5 heteroatoms. The van der Waals surface area contributed by atoms with E-state index >= 15 is 0 Å². The molecular formula is C30H25ClO4. The zero-order valence-electron chi connectivity index (χ0n) is 20.0. The van der Waals surface area contributed by atoms with Crippen molar-refractivity contribution in [3.63, 3.8) is 0 Å². The van der Waals surface area contributed by atoms with Crippen molar-refractivity contribution in [1.82, 2.24) is 0 Å². The Morgan fingerprint density at radius 2 is 0.800 bits per heavy atom. The lowest BCUT2D eigenvalue weighted by Gasteiger charge is -2.21. The fourth-order valence-corrected chi connectivity index (χ4v) is 4.84. The standard InChI is InChI=1S/C30H25ClO4/c1-32-25-14-21-23(16-27(25)34-3)30(19-10-12-20(31)13-11-19)24-17-28(35-4)26(33-2)15-22(24)29(21)18-8-6-5-7-9-18/h5-17H,1-4H3. The van der Waals surface area contributed by atoms with Crippen molar-refractivity contribution in [2.24, 2.45) is 0 Å². The molecule has 0 aliphatic heterocycles. The maximum atomic E-state index is 6.24. The van der Waals surface area contributed by atoms with E-state index in [1.54, 1.807) is 28.4 Å². The molecular weight excluding hydrogens is 460 g/mol. The van der Waals surface area contributed by atoms with Crippen molar-refractivity contribution in [2.75, 3.05) is 28.4 Å². The quantitative estimate of drug-likeness (QED) is 0.229. The molecule has 5 rings (SSSR count). The molecule has 5 aromatic carbocycles. The van der Waals surface area contributed by atoms with Gasteiger partial charge < -0.3 is 18.9 Å². The second-order valence-electron chi connectivity index (χ2n) is 8.13. The summed E-state index contributed by atoms with van der Waals surface area (Å²) in [7, 11) is 6.61. The Hall–Kier alpha value is -3.89. The van der Waals surface area contributed by atoms with Gasteiger partial charge in [0.2, 0.25) is 0 Å². The number of halogens is 1. The maximum absolute atomic E-state index is 6.24. The Bertz CT molecular complexity index is 1450. The highest BCUT2D eigenvalue weighted by Crippen LogP contribution is 2.49. The minimum Gasteiger partial charge on any atom is -0.493 e. The van der Waals surface area contributed by atoms with Gasteiger partial charge >= 0.3 is 0 Å². The Morgan fingerprint density at radius 1 is 0.457 bits per heavy atom. The van der Waals surface area contributed by atoms with E-state index in [2.05, 4.69) is 12.1 Å². The molecule has 0 aliphatic rings. The summed E-state index contributed by atoms with van der Waals surface area (Å²) in [6, 6.07) is 26.4. The SMILES string of the molecule is COc1cc2c(-c3ccccc3)c3cc(OC)c(OC)cc3c(-c3ccc(Cl)cc3)c2cc1OC. The van der Waals surface area contributed by atoms with Crippen LogP contribution in [0.4, 0.5) is 0 Å². The summed E-state index contributed by atoms with van der Waals surface area (Å²) in [5.41, 5.74) is 4.25. The molecule has 0 saturated carbocycles. The molecule has 0 radical (unpaired) electrons. The fourth-order valence-electron chi connectivity index (χ4n) is 4.72. The van der Waals surface area contributed by atoms with Crippen LogP contribution in [0.25, 0.3) is 43.8 Å². The molecule has 0 aromatic heterocycles. The maximum Gasteiger partial charge on any atom is 0.161 e. The molecule has 0 atom stereocenters. The topological polar surface area (TPSA) is 36.9 Å². The van der Waals surface area contributed by atoms with Gasteiger partial charge in [0, 0.05) is 5.02 Å². The summed E-state index contributed by atoms with van der Waals surface area (Å²) < 4.78 is 22.8. The van der Waals surface area contributed by atoms with Crippen molar-refractivity contribution in [2.45, 2.75) is 0 Å². The molecule has 176 valence electrons. The predicted octanol–water partition coefficient (Wildman–Crippen LogP) is 8.01. The minimum absolute atomic E-state index is 0.661. The van der Waals surface area contributed by atoms with E-state index in [0.29, 0.717) is 28.0 Å². The van der Waals surface area contributed by atoms with Crippen LogP contribution in [0.2, 0.25) is 5.02 Å². The Morgan fingerprint density at radius 3 is 1.14 bits per heavy atom. The highest BCUT2D eigenvalue weighted by Gasteiger charge is 2.21. The van der Waals surface area contributed by atoms with Gasteiger partial charge in [-0.1, -0.05) is 54.1 Å². The number of rotatable bonds is 6. The lowest BCUT2D eigenvalue weighted by atomic mass is 9.85. The normalized spacial score (nSPS) is 11.0. The van der Waals surface area contributed by atoms with E-state index in [1.807, 2.05) is 66.7 Å². The summed E-state index contributed by atoms with van der Waals surface area (Å²) in [5.74, 6) is 2.65. The summed E-state index contributed by atoms with van der Waals surface area (Å²) >= 11 is 6.24. The number of hydrogen-bond donors (Lipinski definition) is 0. The molecule has 0 saturated heterocycles. The van der Waals surface area contributed by atoms with Gasteiger partial charge in [0.15, 0.2) is 23.0 Å². The first-order chi connectivity index (χ1) is 17.1. The molecule has 0 bridgehead atoms. The molecule has 35 heavy (non-hydrogen) atoms.